The van der Waals surface area contributed by atoms with Crippen LogP contribution in [0.1, 0.15) is 26.2 Å². The van der Waals surface area contributed by atoms with Crippen molar-refractivity contribution in [2.75, 3.05) is 65.4 Å². The first kappa shape index (κ1) is 22.0. The Balaban J connectivity index is 0.00000144. The number of likely N-dealkylation sites (N-methyl/N-ethyl adjacent to an activating group) is 1. The minimum Gasteiger partial charge on any atom is -0.343 e. The van der Waals surface area contributed by atoms with Crippen LogP contribution in [0.4, 0.5) is 0 Å². The van der Waals surface area contributed by atoms with E-state index in [-0.39, 0.29) is 24.8 Å². The fraction of sp³-hybridized carbons (Fsp3) is 0.941. The van der Waals surface area contributed by atoms with Gasteiger partial charge < -0.3 is 20.0 Å². The van der Waals surface area contributed by atoms with Crippen LogP contribution in [-0.2, 0) is 4.79 Å². The van der Waals surface area contributed by atoms with Gasteiger partial charge in [0.25, 0.3) is 0 Å². The number of hydrogen-bond acceptors (Lipinski definition) is 4. The van der Waals surface area contributed by atoms with Gasteiger partial charge in [0.05, 0.1) is 0 Å². The smallest absolute Gasteiger partial charge is 0.223 e. The maximum absolute atomic E-state index is 12.5. The number of halogens is 2. The van der Waals surface area contributed by atoms with Crippen LogP contribution in [0.5, 0.6) is 0 Å². The van der Waals surface area contributed by atoms with E-state index < -0.39 is 0 Å². The summed E-state index contributed by atoms with van der Waals surface area (Å²) in [4.78, 5) is 19.6. The Bertz CT molecular complexity index is 364. The summed E-state index contributed by atoms with van der Waals surface area (Å²) in [6, 6.07) is 0. The number of rotatable bonds is 4. The second-order valence-electron chi connectivity index (χ2n) is 7.16. The van der Waals surface area contributed by atoms with Gasteiger partial charge in [-0.3, -0.25) is 4.79 Å². The fourth-order valence-electron chi connectivity index (χ4n) is 4.21. The Morgan fingerprint density at radius 1 is 0.917 bits per heavy atom. The molecule has 0 spiro atoms. The average molecular weight is 381 g/mol. The maximum atomic E-state index is 12.5. The van der Waals surface area contributed by atoms with Gasteiger partial charge in [-0.05, 0) is 44.3 Å². The molecule has 2 atom stereocenters. The van der Waals surface area contributed by atoms with Crippen LogP contribution < -0.4 is 5.32 Å². The second kappa shape index (κ2) is 10.8. The van der Waals surface area contributed by atoms with E-state index in [0.717, 1.165) is 77.3 Å². The number of nitrogens with one attached hydrogen (secondary N) is 1. The van der Waals surface area contributed by atoms with Gasteiger partial charge in [0.1, 0.15) is 0 Å². The van der Waals surface area contributed by atoms with Crippen molar-refractivity contribution in [3.05, 3.63) is 0 Å². The van der Waals surface area contributed by atoms with E-state index in [1.807, 2.05) is 0 Å². The lowest BCUT2D eigenvalue weighted by Crippen LogP contribution is -2.47. The Morgan fingerprint density at radius 2 is 1.46 bits per heavy atom. The van der Waals surface area contributed by atoms with E-state index >= 15 is 0 Å². The zero-order chi connectivity index (χ0) is 15.4. The Labute approximate surface area is 159 Å². The van der Waals surface area contributed by atoms with Crippen LogP contribution in [0, 0.1) is 11.8 Å². The lowest BCUT2D eigenvalue weighted by atomic mass is 9.92. The molecular weight excluding hydrogens is 347 g/mol. The highest BCUT2D eigenvalue weighted by Gasteiger charge is 2.31. The number of likely N-dealkylation sites (tertiary alicyclic amines) is 1. The molecule has 1 N–H and O–H groups in total. The summed E-state index contributed by atoms with van der Waals surface area (Å²) < 4.78 is 0. The van der Waals surface area contributed by atoms with E-state index in [9.17, 15) is 4.79 Å². The van der Waals surface area contributed by atoms with Gasteiger partial charge in [-0.2, -0.15) is 0 Å². The number of hydrogen-bond donors (Lipinski definition) is 1. The van der Waals surface area contributed by atoms with Gasteiger partial charge in [0, 0.05) is 52.2 Å². The SMILES string of the molecule is CCN1CCN(CCC(=O)N2CC[C@@H]3CNC[C@@H]3CC2)CC1.Cl.Cl. The van der Waals surface area contributed by atoms with Crippen LogP contribution in [0.3, 0.4) is 0 Å². The minimum absolute atomic E-state index is 0. The molecule has 0 radical (unpaired) electrons. The van der Waals surface area contributed by atoms with E-state index in [4.69, 9.17) is 0 Å². The Kier molecular flexibility index (Phi) is 9.90. The zero-order valence-corrected chi connectivity index (χ0v) is 16.5. The van der Waals surface area contributed by atoms with E-state index in [2.05, 4.69) is 26.9 Å². The minimum atomic E-state index is 0. The van der Waals surface area contributed by atoms with Crippen LogP contribution in [0.15, 0.2) is 0 Å². The zero-order valence-electron chi connectivity index (χ0n) is 14.9. The highest BCUT2D eigenvalue weighted by atomic mass is 35.5. The van der Waals surface area contributed by atoms with E-state index in [0.29, 0.717) is 12.3 Å². The molecule has 0 aromatic rings. The lowest BCUT2D eigenvalue weighted by molar-refractivity contribution is -0.131. The predicted molar refractivity (Wildman–Crippen MR) is 103 cm³/mol. The van der Waals surface area contributed by atoms with Crippen molar-refractivity contribution in [3.8, 4) is 0 Å². The molecular formula is C17H34Cl2N4O. The molecule has 5 nitrogen and oxygen atoms in total. The third kappa shape index (κ3) is 5.73. The maximum Gasteiger partial charge on any atom is 0.223 e. The first-order valence-corrected chi connectivity index (χ1v) is 9.19. The summed E-state index contributed by atoms with van der Waals surface area (Å²) >= 11 is 0. The Morgan fingerprint density at radius 3 is 2.00 bits per heavy atom. The molecule has 3 aliphatic rings. The van der Waals surface area contributed by atoms with Crippen molar-refractivity contribution in [3.63, 3.8) is 0 Å². The standard InChI is InChI=1S/C17H32N4O.2ClH/c1-2-19-9-11-20(12-10-19)6-5-17(22)21-7-3-15-13-18-14-16(15)4-8-21;;/h15-16,18H,2-14H2,1H3;2*1H/t15-,16+;;. The monoisotopic (exact) mass is 380 g/mol. The molecule has 3 saturated heterocycles. The van der Waals surface area contributed by atoms with Crippen molar-refractivity contribution >= 4 is 30.7 Å². The largest absolute Gasteiger partial charge is 0.343 e. The normalized spacial score (nSPS) is 28.5. The quantitative estimate of drug-likeness (QED) is 0.797. The Hall–Kier alpha value is -0.0700. The molecule has 1 amide bonds. The second-order valence-corrected chi connectivity index (χ2v) is 7.16. The summed E-state index contributed by atoms with van der Waals surface area (Å²) in [5.41, 5.74) is 0. The molecule has 0 aliphatic carbocycles. The molecule has 3 rings (SSSR count). The highest BCUT2D eigenvalue weighted by Crippen LogP contribution is 2.27. The lowest BCUT2D eigenvalue weighted by Gasteiger charge is -2.34. The molecule has 0 unspecified atom stereocenters. The van der Waals surface area contributed by atoms with Gasteiger partial charge in [0.2, 0.25) is 5.91 Å². The van der Waals surface area contributed by atoms with Crippen LogP contribution in [-0.4, -0.2) is 86.1 Å². The summed E-state index contributed by atoms with van der Waals surface area (Å²) in [6.45, 7) is 13.2. The molecule has 142 valence electrons. The third-order valence-electron chi connectivity index (χ3n) is 5.93. The molecule has 7 heteroatoms. The van der Waals surface area contributed by atoms with Crippen LogP contribution >= 0.6 is 24.8 Å². The van der Waals surface area contributed by atoms with Gasteiger partial charge in [-0.15, -0.1) is 24.8 Å². The molecule has 0 saturated carbocycles. The first-order chi connectivity index (χ1) is 10.8. The molecule has 3 fully saturated rings. The molecule has 3 heterocycles. The molecule has 0 aromatic heterocycles. The van der Waals surface area contributed by atoms with Gasteiger partial charge in [-0.25, -0.2) is 0 Å². The molecule has 3 aliphatic heterocycles. The predicted octanol–water partition coefficient (Wildman–Crippen LogP) is 1.32. The van der Waals surface area contributed by atoms with Crippen molar-refractivity contribution in [2.45, 2.75) is 26.2 Å². The van der Waals surface area contributed by atoms with Gasteiger partial charge in [-0.1, -0.05) is 6.92 Å². The van der Waals surface area contributed by atoms with E-state index in [1.165, 1.54) is 12.8 Å². The van der Waals surface area contributed by atoms with Crippen molar-refractivity contribution in [1.29, 1.82) is 0 Å². The number of carbonyl (C=O) groups is 1. The van der Waals surface area contributed by atoms with Crippen molar-refractivity contribution in [1.82, 2.24) is 20.0 Å². The average Bonchev–Trinajstić information content (AvgIpc) is 2.91. The van der Waals surface area contributed by atoms with Crippen molar-refractivity contribution < 1.29 is 4.79 Å². The van der Waals surface area contributed by atoms with Crippen molar-refractivity contribution in [2.24, 2.45) is 11.8 Å². The molecule has 0 bridgehead atoms. The van der Waals surface area contributed by atoms with Gasteiger partial charge >= 0.3 is 0 Å². The number of fused-ring (bicyclic) bond motifs is 1. The summed E-state index contributed by atoms with van der Waals surface area (Å²) in [5.74, 6) is 1.99. The molecule has 0 aromatic carbocycles. The topological polar surface area (TPSA) is 38.8 Å². The van der Waals surface area contributed by atoms with Crippen LogP contribution in [0.25, 0.3) is 0 Å². The fourth-order valence-corrected chi connectivity index (χ4v) is 4.21. The molecule has 24 heavy (non-hydrogen) atoms. The first-order valence-electron chi connectivity index (χ1n) is 9.19. The number of nitrogens with zero attached hydrogens (tertiary/aromatic N) is 3. The van der Waals surface area contributed by atoms with Gasteiger partial charge in [0.15, 0.2) is 0 Å². The third-order valence-corrected chi connectivity index (χ3v) is 5.93. The number of amides is 1. The van der Waals surface area contributed by atoms with E-state index in [1.54, 1.807) is 0 Å². The summed E-state index contributed by atoms with van der Waals surface area (Å²) in [7, 11) is 0. The number of piperazine rings is 1. The summed E-state index contributed by atoms with van der Waals surface area (Å²) in [6.07, 6.45) is 3.09. The van der Waals surface area contributed by atoms with Crippen LogP contribution in [0.2, 0.25) is 0 Å². The summed E-state index contributed by atoms with van der Waals surface area (Å²) in [5, 5.41) is 3.50. The highest BCUT2D eigenvalue weighted by molar-refractivity contribution is 5.85. The number of carbonyl (C=O) groups excluding carboxylic acids is 1.